The predicted octanol–water partition coefficient (Wildman–Crippen LogP) is 2.73. The smallest absolute Gasteiger partial charge is 0.257 e. The molecule has 0 unspecified atom stereocenters. The molecule has 110 valence electrons. The molecule has 0 aliphatic rings. The molecular weight excluding hydrogens is 334 g/mol. The highest BCUT2D eigenvalue weighted by Crippen LogP contribution is 2.20. The lowest BCUT2D eigenvalue weighted by molar-refractivity contribution is 0.102. The zero-order valence-electron chi connectivity index (χ0n) is 11.6. The molecule has 0 aliphatic carbocycles. The van der Waals surface area contributed by atoms with Gasteiger partial charge in [-0.1, -0.05) is 13.3 Å². The number of pyridine rings is 2. The maximum absolute atomic E-state index is 12.3. The molecule has 0 spiro atoms. The summed E-state index contributed by atoms with van der Waals surface area (Å²) in [5.74, 6) is 6.07. The Morgan fingerprint density at radius 3 is 2.90 bits per heavy atom. The third-order valence-corrected chi connectivity index (χ3v) is 3.42. The molecule has 21 heavy (non-hydrogen) atoms. The highest BCUT2D eigenvalue weighted by Gasteiger charge is 2.12. The molecule has 0 atom stereocenters. The number of carbonyl (C=O) groups excluding carboxylic acids is 1. The molecule has 0 bridgehead atoms. The van der Waals surface area contributed by atoms with Gasteiger partial charge in [0.15, 0.2) is 0 Å². The average Bonchev–Trinajstić information content (AvgIpc) is 2.49. The van der Waals surface area contributed by atoms with Gasteiger partial charge in [-0.25, -0.2) is 15.8 Å². The fraction of sp³-hybridized carbons (Fsp3) is 0.214. The number of amides is 1. The zero-order chi connectivity index (χ0) is 15.2. The van der Waals surface area contributed by atoms with E-state index in [1.807, 2.05) is 6.07 Å². The summed E-state index contributed by atoms with van der Waals surface area (Å²) in [6.45, 7) is 2.05. The van der Waals surface area contributed by atoms with Gasteiger partial charge in [0.2, 0.25) is 0 Å². The number of nitrogens with two attached hydrogens (primary N) is 1. The predicted molar refractivity (Wildman–Crippen MR) is 85.9 cm³/mol. The Labute approximate surface area is 131 Å². The van der Waals surface area contributed by atoms with E-state index in [-0.39, 0.29) is 5.91 Å². The lowest BCUT2D eigenvalue weighted by atomic mass is 10.1. The van der Waals surface area contributed by atoms with E-state index in [9.17, 15) is 4.79 Å². The van der Waals surface area contributed by atoms with Crippen molar-refractivity contribution in [3.05, 3.63) is 46.2 Å². The first-order valence-corrected chi connectivity index (χ1v) is 7.32. The van der Waals surface area contributed by atoms with Crippen molar-refractivity contribution >= 4 is 33.5 Å². The summed E-state index contributed by atoms with van der Waals surface area (Å²) >= 11 is 3.34. The third kappa shape index (κ3) is 3.99. The van der Waals surface area contributed by atoms with E-state index in [2.05, 4.69) is 43.6 Å². The van der Waals surface area contributed by atoms with Crippen molar-refractivity contribution in [1.29, 1.82) is 0 Å². The van der Waals surface area contributed by atoms with E-state index < -0.39 is 0 Å². The summed E-state index contributed by atoms with van der Waals surface area (Å²) in [6.07, 6.45) is 3.33. The zero-order valence-corrected chi connectivity index (χ0v) is 13.1. The molecule has 0 saturated heterocycles. The van der Waals surface area contributed by atoms with E-state index >= 15 is 0 Å². The van der Waals surface area contributed by atoms with Crippen molar-refractivity contribution in [1.82, 2.24) is 9.97 Å². The SMILES string of the molecule is CCCc1cc(C(=O)Nc2ncccc2Br)cc(NN)n1. The van der Waals surface area contributed by atoms with Crippen molar-refractivity contribution in [3.8, 4) is 0 Å². The molecule has 4 N–H and O–H groups in total. The second kappa shape index (κ2) is 7.14. The van der Waals surface area contributed by atoms with Crippen molar-refractivity contribution in [2.24, 2.45) is 5.84 Å². The van der Waals surface area contributed by atoms with E-state index in [1.54, 1.807) is 24.4 Å². The minimum absolute atomic E-state index is 0.259. The second-order valence-electron chi connectivity index (χ2n) is 4.41. The largest absolute Gasteiger partial charge is 0.308 e. The van der Waals surface area contributed by atoms with Gasteiger partial charge in [0.1, 0.15) is 11.6 Å². The molecule has 0 aliphatic heterocycles. The normalized spacial score (nSPS) is 10.2. The molecule has 7 heteroatoms. The summed E-state index contributed by atoms with van der Waals surface area (Å²) in [5, 5.41) is 2.75. The number of carbonyl (C=O) groups is 1. The number of nitrogens with one attached hydrogen (secondary N) is 2. The van der Waals surface area contributed by atoms with Gasteiger partial charge >= 0.3 is 0 Å². The summed E-state index contributed by atoms with van der Waals surface area (Å²) in [5.41, 5.74) is 3.78. The van der Waals surface area contributed by atoms with Gasteiger partial charge in [0.25, 0.3) is 5.91 Å². The third-order valence-electron chi connectivity index (χ3n) is 2.79. The lowest BCUT2D eigenvalue weighted by Gasteiger charge is -2.09. The molecule has 0 fully saturated rings. The Kier molecular flexibility index (Phi) is 5.24. The minimum Gasteiger partial charge on any atom is -0.308 e. The van der Waals surface area contributed by atoms with Crippen LogP contribution >= 0.6 is 15.9 Å². The lowest BCUT2D eigenvalue weighted by Crippen LogP contribution is -2.16. The van der Waals surface area contributed by atoms with E-state index in [0.29, 0.717) is 17.2 Å². The number of aromatic nitrogens is 2. The summed E-state index contributed by atoms with van der Waals surface area (Å²) in [6, 6.07) is 6.95. The van der Waals surface area contributed by atoms with Gasteiger partial charge in [0.05, 0.1) is 4.47 Å². The maximum atomic E-state index is 12.3. The van der Waals surface area contributed by atoms with Crippen molar-refractivity contribution in [2.45, 2.75) is 19.8 Å². The number of nitrogen functional groups attached to an aromatic ring is 1. The van der Waals surface area contributed by atoms with Crippen molar-refractivity contribution < 1.29 is 4.79 Å². The maximum Gasteiger partial charge on any atom is 0.257 e. The summed E-state index contributed by atoms with van der Waals surface area (Å²) < 4.78 is 0.721. The number of anilines is 2. The minimum atomic E-state index is -0.259. The molecule has 2 rings (SSSR count). The first-order chi connectivity index (χ1) is 10.1. The van der Waals surface area contributed by atoms with Crippen LogP contribution in [0.25, 0.3) is 0 Å². The van der Waals surface area contributed by atoms with Crippen LogP contribution in [0.5, 0.6) is 0 Å². The van der Waals surface area contributed by atoms with Crippen LogP contribution < -0.4 is 16.6 Å². The van der Waals surface area contributed by atoms with Crippen LogP contribution in [0.4, 0.5) is 11.6 Å². The highest BCUT2D eigenvalue weighted by molar-refractivity contribution is 9.10. The number of hydrogen-bond donors (Lipinski definition) is 3. The van der Waals surface area contributed by atoms with Crippen LogP contribution in [0.3, 0.4) is 0 Å². The number of hydrazine groups is 1. The number of nitrogens with zero attached hydrogens (tertiary/aromatic N) is 2. The van der Waals surface area contributed by atoms with Gasteiger partial charge in [0, 0.05) is 17.5 Å². The van der Waals surface area contributed by atoms with E-state index in [4.69, 9.17) is 5.84 Å². The Hall–Kier alpha value is -1.99. The molecule has 0 aromatic carbocycles. The fourth-order valence-corrected chi connectivity index (χ4v) is 2.19. The van der Waals surface area contributed by atoms with Gasteiger partial charge in [-0.2, -0.15) is 0 Å². The van der Waals surface area contributed by atoms with Crippen LogP contribution in [0.2, 0.25) is 0 Å². The van der Waals surface area contributed by atoms with Crippen LogP contribution in [0, 0.1) is 0 Å². The number of hydrogen-bond acceptors (Lipinski definition) is 5. The Bertz CT molecular complexity index is 647. The molecular formula is C14H16BrN5O. The molecule has 0 radical (unpaired) electrons. The number of aryl methyl sites for hydroxylation is 1. The van der Waals surface area contributed by atoms with Crippen LogP contribution in [0.15, 0.2) is 34.9 Å². The second-order valence-corrected chi connectivity index (χ2v) is 5.27. The molecule has 0 saturated carbocycles. The first kappa shape index (κ1) is 15.4. The average molecular weight is 350 g/mol. The van der Waals surface area contributed by atoms with E-state index in [1.165, 1.54) is 0 Å². The first-order valence-electron chi connectivity index (χ1n) is 6.53. The monoisotopic (exact) mass is 349 g/mol. The van der Waals surface area contributed by atoms with Crippen molar-refractivity contribution in [2.75, 3.05) is 10.7 Å². The Morgan fingerprint density at radius 2 is 2.24 bits per heavy atom. The number of rotatable bonds is 5. The highest BCUT2D eigenvalue weighted by atomic mass is 79.9. The van der Waals surface area contributed by atoms with Gasteiger partial charge in [-0.05, 0) is 46.6 Å². The topological polar surface area (TPSA) is 92.9 Å². The van der Waals surface area contributed by atoms with Gasteiger partial charge < -0.3 is 10.7 Å². The Morgan fingerprint density at radius 1 is 1.43 bits per heavy atom. The molecule has 2 heterocycles. The van der Waals surface area contributed by atoms with Crippen LogP contribution in [-0.2, 0) is 6.42 Å². The summed E-state index contributed by atoms with van der Waals surface area (Å²) in [4.78, 5) is 20.7. The van der Waals surface area contributed by atoms with Crippen LogP contribution in [-0.4, -0.2) is 15.9 Å². The van der Waals surface area contributed by atoms with Crippen LogP contribution in [0.1, 0.15) is 29.4 Å². The standard InChI is InChI=1S/C14H16BrN5O/c1-2-4-10-7-9(8-12(18-10)20-16)14(21)19-13-11(15)5-3-6-17-13/h3,5-8H,2,4,16H2,1H3,(H,18,20)(H,17,19,21). The van der Waals surface area contributed by atoms with Gasteiger partial charge in [-0.15, -0.1) is 0 Å². The fourth-order valence-electron chi connectivity index (χ4n) is 1.83. The molecule has 2 aromatic rings. The molecule has 2 aromatic heterocycles. The van der Waals surface area contributed by atoms with Crippen molar-refractivity contribution in [3.63, 3.8) is 0 Å². The summed E-state index contributed by atoms with van der Waals surface area (Å²) in [7, 11) is 0. The van der Waals surface area contributed by atoms with Gasteiger partial charge in [-0.3, -0.25) is 4.79 Å². The number of halogens is 1. The quantitative estimate of drug-likeness (QED) is 0.570. The molecule has 1 amide bonds. The van der Waals surface area contributed by atoms with E-state index in [0.717, 1.165) is 23.0 Å². The molecule has 6 nitrogen and oxygen atoms in total. The Balaban J connectivity index is 2.26.